The van der Waals surface area contributed by atoms with E-state index in [-0.39, 0.29) is 17.6 Å². The normalized spacial score (nSPS) is 23.4. The van der Waals surface area contributed by atoms with E-state index in [0.717, 1.165) is 30.9 Å². The van der Waals surface area contributed by atoms with Crippen molar-refractivity contribution in [1.82, 2.24) is 25.2 Å². The molecule has 7 nitrogen and oxygen atoms in total. The second-order valence-corrected chi connectivity index (χ2v) is 8.11. The molecule has 138 valence electrons. The number of piperidine rings is 1. The van der Waals surface area contributed by atoms with E-state index in [1.54, 1.807) is 0 Å². The van der Waals surface area contributed by atoms with Crippen LogP contribution in [-0.4, -0.2) is 56.1 Å². The Bertz CT molecular complexity index is 743. The lowest BCUT2D eigenvalue weighted by atomic mass is 10.0. The van der Waals surface area contributed by atoms with Gasteiger partial charge in [0.2, 0.25) is 0 Å². The van der Waals surface area contributed by atoms with Gasteiger partial charge in [-0.15, -0.1) is 11.3 Å². The lowest BCUT2D eigenvalue weighted by Crippen LogP contribution is -2.53. The summed E-state index contributed by atoms with van der Waals surface area (Å²) in [6, 6.07) is -0.259. The number of carbonyl (C=O) groups is 1. The van der Waals surface area contributed by atoms with Crippen molar-refractivity contribution >= 4 is 17.2 Å². The summed E-state index contributed by atoms with van der Waals surface area (Å²) >= 11 is 1.82. The molecule has 4 rings (SSSR count). The molecule has 1 amide bonds. The molecule has 0 bridgehead atoms. The van der Waals surface area contributed by atoms with E-state index < -0.39 is 6.10 Å². The van der Waals surface area contributed by atoms with Crippen LogP contribution in [-0.2, 0) is 19.4 Å². The molecule has 26 heavy (non-hydrogen) atoms. The van der Waals surface area contributed by atoms with Crippen LogP contribution in [0.2, 0.25) is 0 Å². The standard InChI is InChI=1S/C18H23N5O2S/c24-15-10-23(11-17-21-13-3-1-2-4-16(13)26-17)8-5-12(15)22-18(25)14-9-19-6-7-20-14/h6-7,9,12,15,24H,1-5,8,10-11H2,(H,22,25). The van der Waals surface area contributed by atoms with Gasteiger partial charge < -0.3 is 10.4 Å². The van der Waals surface area contributed by atoms with Gasteiger partial charge in [-0.1, -0.05) is 0 Å². The summed E-state index contributed by atoms with van der Waals surface area (Å²) < 4.78 is 0. The van der Waals surface area contributed by atoms with Gasteiger partial charge in [0.1, 0.15) is 10.7 Å². The number of likely N-dealkylation sites (tertiary alicyclic amines) is 1. The Morgan fingerprint density at radius 3 is 3.00 bits per heavy atom. The summed E-state index contributed by atoms with van der Waals surface area (Å²) in [5.41, 5.74) is 1.55. The van der Waals surface area contributed by atoms with Crippen molar-refractivity contribution in [1.29, 1.82) is 0 Å². The largest absolute Gasteiger partial charge is 0.390 e. The minimum absolute atomic E-state index is 0.259. The molecular weight excluding hydrogens is 350 g/mol. The smallest absolute Gasteiger partial charge is 0.271 e. The molecule has 0 aromatic carbocycles. The third-order valence-electron chi connectivity index (χ3n) is 5.03. The van der Waals surface area contributed by atoms with E-state index in [9.17, 15) is 9.90 Å². The minimum atomic E-state index is -0.598. The third kappa shape index (κ3) is 3.92. The van der Waals surface area contributed by atoms with E-state index in [1.165, 1.54) is 42.0 Å². The fraction of sp³-hybridized carbons (Fsp3) is 0.556. The number of fused-ring (bicyclic) bond motifs is 1. The molecular formula is C18H23N5O2S. The number of aliphatic hydroxyl groups is 1. The number of aryl methyl sites for hydroxylation is 2. The van der Waals surface area contributed by atoms with Crippen molar-refractivity contribution in [3.63, 3.8) is 0 Å². The molecule has 0 saturated carbocycles. The lowest BCUT2D eigenvalue weighted by molar-refractivity contribution is 0.0348. The number of rotatable bonds is 4. The van der Waals surface area contributed by atoms with E-state index in [0.29, 0.717) is 13.0 Å². The number of thiazole rings is 1. The molecule has 2 N–H and O–H groups in total. The number of nitrogens with zero attached hydrogens (tertiary/aromatic N) is 4. The molecule has 1 aliphatic heterocycles. The van der Waals surface area contributed by atoms with Crippen molar-refractivity contribution in [2.75, 3.05) is 13.1 Å². The van der Waals surface area contributed by atoms with Gasteiger partial charge in [0.05, 0.1) is 30.6 Å². The number of amides is 1. The quantitative estimate of drug-likeness (QED) is 0.836. The molecule has 2 aromatic heterocycles. The van der Waals surface area contributed by atoms with Crippen LogP contribution in [0.4, 0.5) is 0 Å². The van der Waals surface area contributed by atoms with E-state index in [1.807, 2.05) is 11.3 Å². The number of carbonyl (C=O) groups excluding carboxylic acids is 1. The van der Waals surface area contributed by atoms with Crippen LogP contribution in [0, 0.1) is 0 Å². The van der Waals surface area contributed by atoms with Crippen LogP contribution in [0.15, 0.2) is 18.6 Å². The Hall–Kier alpha value is -1.90. The summed E-state index contributed by atoms with van der Waals surface area (Å²) in [5.74, 6) is -0.289. The first-order chi connectivity index (χ1) is 12.7. The highest BCUT2D eigenvalue weighted by atomic mass is 32.1. The van der Waals surface area contributed by atoms with Gasteiger partial charge >= 0.3 is 0 Å². The summed E-state index contributed by atoms with van der Waals surface area (Å²) in [6.07, 6.45) is 9.33. The summed E-state index contributed by atoms with van der Waals surface area (Å²) in [4.78, 5) is 28.6. The first kappa shape index (κ1) is 17.5. The molecule has 2 aromatic rings. The maximum Gasteiger partial charge on any atom is 0.271 e. The number of hydrogen-bond donors (Lipinski definition) is 2. The Labute approximate surface area is 156 Å². The van der Waals surface area contributed by atoms with Gasteiger partial charge in [-0.25, -0.2) is 9.97 Å². The molecule has 2 unspecified atom stereocenters. The molecule has 2 aliphatic rings. The fourth-order valence-corrected chi connectivity index (χ4v) is 4.83. The first-order valence-electron chi connectivity index (χ1n) is 9.14. The summed E-state index contributed by atoms with van der Waals surface area (Å²) in [5, 5.41) is 14.5. The zero-order valence-corrected chi connectivity index (χ0v) is 15.4. The number of nitrogens with one attached hydrogen (secondary N) is 1. The predicted octanol–water partition coefficient (Wildman–Crippen LogP) is 1.18. The van der Waals surface area contributed by atoms with E-state index in [4.69, 9.17) is 4.98 Å². The van der Waals surface area contributed by atoms with Gasteiger partial charge in [0.25, 0.3) is 5.91 Å². The molecule has 1 fully saturated rings. The van der Waals surface area contributed by atoms with Crippen LogP contribution in [0.25, 0.3) is 0 Å². The van der Waals surface area contributed by atoms with Gasteiger partial charge in [0, 0.05) is 30.4 Å². The second-order valence-electron chi connectivity index (χ2n) is 6.95. The molecule has 2 atom stereocenters. The maximum atomic E-state index is 12.2. The number of aliphatic hydroxyl groups excluding tert-OH is 1. The van der Waals surface area contributed by atoms with Crippen molar-refractivity contribution in [2.45, 2.75) is 50.8 Å². The average molecular weight is 373 g/mol. The van der Waals surface area contributed by atoms with Crippen molar-refractivity contribution < 1.29 is 9.90 Å². The zero-order valence-electron chi connectivity index (χ0n) is 14.6. The van der Waals surface area contributed by atoms with Gasteiger partial charge in [-0.05, 0) is 32.1 Å². The van der Waals surface area contributed by atoms with Crippen LogP contribution in [0.3, 0.4) is 0 Å². The number of aromatic nitrogens is 3. The molecule has 3 heterocycles. The molecule has 8 heteroatoms. The van der Waals surface area contributed by atoms with Gasteiger partial charge in [0.15, 0.2) is 0 Å². The Kier molecular flexibility index (Phi) is 5.23. The van der Waals surface area contributed by atoms with Gasteiger partial charge in [-0.3, -0.25) is 14.7 Å². The summed E-state index contributed by atoms with van der Waals surface area (Å²) in [7, 11) is 0. The first-order valence-corrected chi connectivity index (χ1v) is 9.95. The van der Waals surface area contributed by atoms with Crippen LogP contribution < -0.4 is 5.32 Å². The monoisotopic (exact) mass is 373 g/mol. The summed E-state index contributed by atoms with van der Waals surface area (Å²) in [6.45, 7) is 2.14. The molecule has 0 spiro atoms. The van der Waals surface area contributed by atoms with Crippen LogP contribution in [0.1, 0.15) is 45.3 Å². The highest BCUT2D eigenvalue weighted by Gasteiger charge is 2.30. The average Bonchev–Trinajstić information content (AvgIpc) is 3.07. The van der Waals surface area contributed by atoms with E-state index >= 15 is 0 Å². The fourth-order valence-electron chi connectivity index (χ4n) is 3.63. The predicted molar refractivity (Wildman–Crippen MR) is 97.9 cm³/mol. The minimum Gasteiger partial charge on any atom is -0.390 e. The Morgan fingerprint density at radius 1 is 1.35 bits per heavy atom. The van der Waals surface area contributed by atoms with Crippen LogP contribution >= 0.6 is 11.3 Å². The van der Waals surface area contributed by atoms with E-state index in [2.05, 4.69) is 20.2 Å². The Morgan fingerprint density at radius 2 is 2.23 bits per heavy atom. The van der Waals surface area contributed by atoms with Crippen molar-refractivity contribution in [2.24, 2.45) is 0 Å². The second kappa shape index (κ2) is 7.77. The van der Waals surface area contributed by atoms with Crippen LogP contribution in [0.5, 0.6) is 0 Å². The highest BCUT2D eigenvalue weighted by molar-refractivity contribution is 7.11. The Balaban J connectivity index is 1.32. The SMILES string of the molecule is O=C(NC1CCN(Cc2nc3c(s2)CCCC3)CC1O)c1cnccn1. The molecule has 0 radical (unpaired) electrons. The number of hydrogen-bond acceptors (Lipinski definition) is 7. The van der Waals surface area contributed by atoms with Gasteiger partial charge in [-0.2, -0.15) is 0 Å². The lowest BCUT2D eigenvalue weighted by Gasteiger charge is -2.35. The number of β-amino-alcohol motifs (C(OH)–C–C–N with tert-alkyl or cyclic N) is 1. The molecule has 1 saturated heterocycles. The van der Waals surface area contributed by atoms with Crippen molar-refractivity contribution in [3.8, 4) is 0 Å². The maximum absolute atomic E-state index is 12.2. The topological polar surface area (TPSA) is 91.2 Å². The van der Waals surface area contributed by atoms with Crippen molar-refractivity contribution in [3.05, 3.63) is 39.9 Å². The highest BCUT2D eigenvalue weighted by Crippen LogP contribution is 2.28. The molecule has 1 aliphatic carbocycles. The zero-order chi connectivity index (χ0) is 17.9. The third-order valence-corrected chi connectivity index (χ3v) is 6.17.